The van der Waals surface area contributed by atoms with Crippen molar-refractivity contribution in [2.75, 3.05) is 0 Å². The zero-order valence-electron chi connectivity index (χ0n) is 17.3. The maximum Gasteiger partial charge on any atom is -0.0295 e. The molecule has 0 saturated heterocycles. The third-order valence-electron chi connectivity index (χ3n) is 7.67. The zero-order valence-corrected chi connectivity index (χ0v) is 17.3. The number of unbranched alkanes of at least 4 members (excludes halogenated alkanes) is 12. The average molecular weight is 335 g/mol. The molecule has 2 rings (SSSR count). The van der Waals surface area contributed by atoms with Gasteiger partial charge < -0.3 is 0 Å². The van der Waals surface area contributed by atoms with Gasteiger partial charge in [0.15, 0.2) is 0 Å². The highest BCUT2D eigenvalue weighted by atomic mass is 14.6. The molecule has 0 N–H and O–H groups in total. The van der Waals surface area contributed by atoms with E-state index in [4.69, 9.17) is 0 Å². The summed E-state index contributed by atoms with van der Waals surface area (Å²) in [6.07, 6.45) is 25.4. The number of hydrogen-bond donors (Lipinski definition) is 0. The van der Waals surface area contributed by atoms with Crippen LogP contribution in [0.15, 0.2) is 0 Å². The molecular formula is C24H46. The molecule has 2 aliphatic rings. The van der Waals surface area contributed by atoms with Gasteiger partial charge >= 0.3 is 0 Å². The topological polar surface area (TPSA) is 0 Å². The van der Waals surface area contributed by atoms with E-state index in [1.54, 1.807) is 19.3 Å². The van der Waals surface area contributed by atoms with Gasteiger partial charge in [-0.25, -0.2) is 0 Å². The lowest BCUT2D eigenvalue weighted by molar-refractivity contribution is 0.226. The molecule has 0 aromatic carbocycles. The molecule has 2 saturated carbocycles. The Balaban J connectivity index is 1.34. The largest absolute Gasteiger partial charge is 0.0654 e. The van der Waals surface area contributed by atoms with E-state index in [-0.39, 0.29) is 0 Å². The van der Waals surface area contributed by atoms with Gasteiger partial charge in [0, 0.05) is 0 Å². The molecule has 0 radical (unpaired) electrons. The van der Waals surface area contributed by atoms with Crippen LogP contribution in [0.5, 0.6) is 0 Å². The summed E-state index contributed by atoms with van der Waals surface area (Å²) < 4.78 is 0. The maximum atomic E-state index is 2.55. The molecule has 3 atom stereocenters. The van der Waals surface area contributed by atoms with Crippen LogP contribution in [0.3, 0.4) is 0 Å². The summed E-state index contributed by atoms with van der Waals surface area (Å²) in [6.45, 7) is 7.41. The van der Waals surface area contributed by atoms with E-state index in [0.717, 1.165) is 17.8 Å². The normalized spacial score (nSPS) is 27.9. The van der Waals surface area contributed by atoms with Gasteiger partial charge in [-0.2, -0.15) is 0 Å². The fraction of sp³-hybridized carbons (Fsp3) is 1.00. The lowest BCUT2D eigenvalue weighted by Crippen LogP contribution is -2.19. The van der Waals surface area contributed by atoms with E-state index >= 15 is 0 Å². The molecule has 0 aromatic rings. The average Bonchev–Trinajstić information content (AvgIpc) is 2.99. The first-order valence-corrected chi connectivity index (χ1v) is 11.7. The van der Waals surface area contributed by atoms with Gasteiger partial charge in [0.05, 0.1) is 0 Å². The summed E-state index contributed by atoms with van der Waals surface area (Å²) in [7, 11) is 0. The Morgan fingerprint density at radius 3 is 1.58 bits per heavy atom. The lowest BCUT2D eigenvalue weighted by Gasteiger charge is -2.26. The summed E-state index contributed by atoms with van der Waals surface area (Å²) in [4.78, 5) is 0. The minimum Gasteiger partial charge on any atom is -0.0654 e. The number of hydrogen-bond acceptors (Lipinski definition) is 0. The van der Waals surface area contributed by atoms with Gasteiger partial charge in [-0.05, 0) is 42.4 Å². The Morgan fingerprint density at radius 1 is 0.667 bits per heavy atom. The van der Waals surface area contributed by atoms with Crippen molar-refractivity contribution in [3.63, 3.8) is 0 Å². The first-order chi connectivity index (χ1) is 11.7. The third-order valence-corrected chi connectivity index (χ3v) is 7.67. The highest BCUT2D eigenvalue weighted by Gasteiger charge is 2.52. The van der Waals surface area contributed by atoms with E-state index < -0.39 is 0 Å². The molecule has 0 aliphatic heterocycles. The molecule has 0 aromatic heterocycles. The fourth-order valence-corrected chi connectivity index (χ4v) is 5.97. The van der Waals surface area contributed by atoms with Crippen LogP contribution in [0.25, 0.3) is 0 Å². The molecule has 2 aliphatic carbocycles. The third kappa shape index (κ3) is 6.06. The second-order valence-corrected chi connectivity index (χ2v) is 9.73. The molecule has 0 heterocycles. The predicted octanol–water partition coefficient (Wildman–Crippen LogP) is 8.54. The van der Waals surface area contributed by atoms with Crippen LogP contribution >= 0.6 is 0 Å². The van der Waals surface area contributed by atoms with Crippen LogP contribution in [0, 0.1) is 23.2 Å². The summed E-state index contributed by atoms with van der Waals surface area (Å²) >= 11 is 0. The van der Waals surface area contributed by atoms with Gasteiger partial charge in [-0.15, -0.1) is 0 Å². The zero-order chi connectivity index (χ0) is 17.3. The Hall–Kier alpha value is 0. The van der Waals surface area contributed by atoms with Crippen molar-refractivity contribution in [2.45, 2.75) is 130 Å². The Bertz CT molecular complexity index is 316. The molecular weight excluding hydrogens is 288 g/mol. The first kappa shape index (κ1) is 20.3. The molecule has 142 valence electrons. The van der Waals surface area contributed by atoms with Crippen LogP contribution in [0.2, 0.25) is 0 Å². The van der Waals surface area contributed by atoms with Crippen molar-refractivity contribution in [1.29, 1.82) is 0 Å². The quantitative estimate of drug-likeness (QED) is 0.279. The monoisotopic (exact) mass is 334 g/mol. The van der Waals surface area contributed by atoms with E-state index in [1.807, 2.05) is 0 Å². The molecule has 0 spiro atoms. The van der Waals surface area contributed by atoms with Gasteiger partial charge in [0.25, 0.3) is 0 Å². The number of fused-ring (bicyclic) bond motifs is 2. The lowest BCUT2D eigenvalue weighted by atomic mass is 9.79. The van der Waals surface area contributed by atoms with Crippen molar-refractivity contribution in [2.24, 2.45) is 23.2 Å². The second-order valence-electron chi connectivity index (χ2n) is 9.73. The predicted molar refractivity (Wildman–Crippen MR) is 108 cm³/mol. The van der Waals surface area contributed by atoms with Crippen molar-refractivity contribution < 1.29 is 0 Å². The van der Waals surface area contributed by atoms with Crippen LogP contribution in [-0.2, 0) is 0 Å². The summed E-state index contributed by atoms with van der Waals surface area (Å²) in [5, 5.41) is 0. The Kier molecular flexibility index (Phi) is 9.20. The van der Waals surface area contributed by atoms with Gasteiger partial charge in [-0.3, -0.25) is 0 Å². The van der Waals surface area contributed by atoms with Crippen molar-refractivity contribution >= 4 is 0 Å². The van der Waals surface area contributed by atoms with Crippen molar-refractivity contribution in [3.05, 3.63) is 0 Å². The summed E-state index contributed by atoms with van der Waals surface area (Å²) in [6, 6.07) is 0. The van der Waals surface area contributed by atoms with E-state index in [1.165, 1.54) is 89.9 Å². The van der Waals surface area contributed by atoms with Crippen molar-refractivity contribution in [1.82, 2.24) is 0 Å². The molecule has 24 heavy (non-hydrogen) atoms. The molecule has 2 bridgehead atoms. The SMILES string of the molecule is CCCCCCCCCCCCCCCC1CC2CCC1C2(C)C. The molecule has 0 heteroatoms. The van der Waals surface area contributed by atoms with Crippen molar-refractivity contribution in [3.8, 4) is 0 Å². The molecule has 0 amide bonds. The fourth-order valence-electron chi connectivity index (χ4n) is 5.97. The van der Waals surface area contributed by atoms with Crippen LogP contribution in [0.4, 0.5) is 0 Å². The van der Waals surface area contributed by atoms with Crippen LogP contribution < -0.4 is 0 Å². The van der Waals surface area contributed by atoms with Crippen LogP contribution in [0.1, 0.15) is 130 Å². The van der Waals surface area contributed by atoms with E-state index in [9.17, 15) is 0 Å². The highest BCUT2D eigenvalue weighted by Crippen LogP contribution is 2.61. The smallest absolute Gasteiger partial charge is 0.0295 e. The molecule has 3 unspecified atom stereocenters. The maximum absolute atomic E-state index is 2.55. The minimum absolute atomic E-state index is 0.682. The standard InChI is InChI=1S/C24H46/c1-4-5-6-7-8-9-10-11-12-13-14-15-16-17-21-20-22-18-19-23(21)24(22,2)3/h21-23H,4-20H2,1-3H3. The summed E-state index contributed by atoms with van der Waals surface area (Å²) in [5.41, 5.74) is 0.682. The highest BCUT2D eigenvalue weighted by molar-refractivity contribution is 5.01. The van der Waals surface area contributed by atoms with Gasteiger partial charge in [-0.1, -0.05) is 111 Å². The van der Waals surface area contributed by atoms with E-state index in [0.29, 0.717) is 5.41 Å². The van der Waals surface area contributed by atoms with Gasteiger partial charge in [0.2, 0.25) is 0 Å². The molecule has 2 fully saturated rings. The minimum atomic E-state index is 0.682. The number of rotatable bonds is 14. The second kappa shape index (κ2) is 10.9. The first-order valence-electron chi connectivity index (χ1n) is 11.7. The Morgan fingerprint density at radius 2 is 1.17 bits per heavy atom. The molecule has 0 nitrogen and oxygen atoms in total. The van der Waals surface area contributed by atoms with E-state index in [2.05, 4.69) is 20.8 Å². The van der Waals surface area contributed by atoms with Gasteiger partial charge in [0.1, 0.15) is 0 Å². The Labute approximate surface area is 153 Å². The summed E-state index contributed by atoms with van der Waals surface area (Å²) in [5.74, 6) is 3.22. The van der Waals surface area contributed by atoms with Crippen LogP contribution in [-0.4, -0.2) is 0 Å².